The van der Waals surface area contributed by atoms with Crippen LogP contribution in [0.1, 0.15) is 17.4 Å². The van der Waals surface area contributed by atoms with Crippen molar-refractivity contribution < 1.29 is 14.6 Å². The van der Waals surface area contributed by atoms with Crippen LogP contribution in [0.2, 0.25) is 0 Å². The molecule has 25 heavy (non-hydrogen) atoms. The van der Waals surface area contributed by atoms with Gasteiger partial charge >= 0.3 is 5.97 Å². The van der Waals surface area contributed by atoms with Gasteiger partial charge in [0.1, 0.15) is 0 Å². The summed E-state index contributed by atoms with van der Waals surface area (Å²) < 4.78 is 6.23. The second-order valence-corrected chi connectivity index (χ2v) is 5.85. The van der Waals surface area contributed by atoms with Gasteiger partial charge in [-0.15, -0.1) is 21.6 Å². The smallest absolute Gasteiger partial charge is 0.357 e. The Morgan fingerprint density at radius 2 is 2.12 bits per heavy atom. The third-order valence-electron chi connectivity index (χ3n) is 3.46. The number of carbonyl (C=O) groups excluding carboxylic acids is 1. The van der Waals surface area contributed by atoms with Crippen LogP contribution in [0.15, 0.2) is 44.7 Å². The Morgan fingerprint density at radius 1 is 1.36 bits per heavy atom. The quantitative estimate of drug-likeness (QED) is 0.569. The van der Waals surface area contributed by atoms with Crippen LogP contribution in [0.25, 0.3) is 10.9 Å². The molecule has 0 bridgehead atoms. The SMILES string of the molecule is CCOC(=O)c1csc(N=Nc2c(O)c3ccccc3n(C)c2=O)n1. The molecule has 2 aromatic heterocycles. The van der Waals surface area contributed by atoms with E-state index in [4.69, 9.17) is 4.74 Å². The molecule has 2 heterocycles. The minimum absolute atomic E-state index is 0.122. The van der Waals surface area contributed by atoms with Crippen LogP contribution in [0, 0.1) is 0 Å². The molecule has 0 saturated carbocycles. The molecule has 9 heteroatoms. The number of aromatic hydroxyl groups is 1. The molecule has 0 radical (unpaired) electrons. The van der Waals surface area contributed by atoms with Gasteiger partial charge in [-0.05, 0) is 19.1 Å². The predicted molar refractivity (Wildman–Crippen MR) is 93.1 cm³/mol. The van der Waals surface area contributed by atoms with Gasteiger partial charge in [0.05, 0.1) is 12.1 Å². The Bertz CT molecular complexity index is 1040. The zero-order valence-electron chi connectivity index (χ0n) is 13.5. The molecule has 3 aromatic rings. The third-order valence-corrected chi connectivity index (χ3v) is 4.19. The monoisotopic (exact) mass is 358 g/mol. The van der Waals surface area contributed by atoms with Crippen LogP contribution in [-0.4, -0.2) is 27.2 Å². The van der Waals surface area contributed by atoms with Crippen LogP contribution in [-0.2, 0) is 11.8 Å². The van der Waals surface area contributed by atoms with E-state index in [1.807, 2.05) is 0 Å². The van der Waals surface area contributed by atoms with Crippen molar-refractivity contribution in [1.82, 2.24) is 9.55 Å². The summed E-state index contributed by atoms with van der Waals surface area (Å²) in [6.45, 7) is 1.94. The second kappa shape index (κ2) is 6.81. The standard InChI is InChI=1S/C16H14N4O4S/c1-3-24-15(23)10-8-25-16(17-10)19-18-12-13(21)9-6-4-5-7-11(9)20(2)14(12)22/h4-8,21H,3H2,1-2H3. The molecular weight excluding hydrogens is 344 g/mol. The normalized spacial score (nSPS) is 11.3. The largest absolute Gasteiger partial charge is 0.505 e. The van der Waals surface area contributed by atoms with Crippen molar-refractivity contribution in [2.45, 2.75) is 6.92 Å². The molecule has 0 fully saturated rings. The van der Waals surface area contributed by atoms with Crippen LogP contribution in [0.5, 0.6) is 5.75 Å². The number of azo groups is 1. The first-order valence-electron chi connectivity index (χ1n) is 7.38. The summed E-state index contributed by atoms with van der Waals surface area (Å²) in [6, 6.07) is 6.93. The predicted octanol–water partition coefficient (Wildman–Crippen LogP) is 3.29. The number of thiazole rings is 1. The van der Waals surface area contributed by atoms with Crippen molar-refractivity contribution in [3.63, 3.8) is 0 Å². The third kappa shape index (κ3) is 3.13. The number of para-hydroxylation sites is 1. The number of nitrogens with zero attached hydrogens (tertiary/aromatic N) is 4. The molecule has 0 spiro atoms. The van der Waals surface area contributed by atoms with Gasteiger partial charge in [-0.1, -0.05) is 12.1 Å². The van der Waals surface area contributed by atoms with Gasteiger partial charge < -0.3 is 14.4 Å². The number of aromatic nitrogens is 2. The van der Waals surface area contributed by atoms with Crippen LogP contribution in [0.4, 0.5) is 10.8 Å². The maximum Gasteiger partial charge on any atom is 0.357 e. The van der Waals surface area contributed by atoms with Crippen LogP contribution >= 0.6 is 11.3 Å². The zero-order chi connectivity index (χ0) is 18.0. The van der Waals surface area contributed by atoms with Crippen molar-refractivity contribution >= 4 is 39.0 Å². The van der Waals surface area contributed by atoms with Crippen molar-refractivity contribution in [2.75, 3.05) is 6.61 Å². The maximum absolute atomic E-state index is 12.4. The minimum Gasteiger partial charge on any atom is -0.505 e. The number of aryl methyl sites for hydroxylation is 1. The van der Waals surface area contributed by atoms with E-state index < -0.39 is 11.5 Å². The second-order valence-electron chi connectivity index (χ2n) is 5.01. The van der Waals surface area contributed by atoms with E-state index in [0.717, 1.165) is 11.3 Å². The average molecular weight is 358 g/mol. The first-order chi connectivity index (χ1) is 12.0. The van der Waals surface area contributed by atoms with E-state index in [1.54, 1.807) is 38.2 Å². The van der Waals surface area contributed by atoms with Gasteiger partial charge in [-0.25, -0.2) is 9.78 Å². The van der Waals surface area contributed by atoms with Gasteiger partial charge in [0.2, 0.25) is 5.13 Å². The minimum atomic E-state index is -0.551. The zero-order valence-corrected chi connectivity index (χ0v) is 14.3. The fourth-order valence-electron chi connectivity index (χ4n) is 2.26. The molecule has 0 amide bonds. The number of esters is 1. The lowest BCUT2D eigenvalue weighted by Crippen LogP contribution is -2.16. The van der Waals surface area contributed by atoms with E-state index in [1.165, 1.54) is 9.95 Å². The van der Waals surface area contributed by atoms with Crippen molar-refractivity contribution in [1.29, 1.82) is 0 Å². The Labute approximate surface area is 146 Å². The van der Waals surface area contributed by atoms with Gasteiger partial charge in [0.25, 0.3) is 5.56 Å². The summed E-state index contributed by atoms with van der Waals surface area (Å²) in [5.41, 5.74) is 0.0374. The molecule has 0 saturated heterocycles. The highest BCUT2D eigenvalue weighted by Crippen LogP contribution is 2.32. The highest BCUT2D eigenvalue weighted by Gasteiger charge is 2.15. The van der Waals surface area contributed by atoms with Gasteiger partial charge in [-0.3, -0.25) is 4.79 Å². The van der Waals surface area contributed by atoms with Crippen LogP contribution in [0.3, 0.4) is 0 Å². The number of pyridine rings is 1. The summed E-state index contributed by atoms with van der Waals surface area (Å²) in [6.07, 6.45) is 0. The Morgan fingerprint density at radius 3 is 2.88 bits per heavy atom. The van der Waals surface area contributed by atoms with Gasteiger partial charge in [-0.2, -0.15) is 0 Å². The van der Waals surface area contributed by atoms with Crippen molar-refractivity contribution in [3.05, 3.63) is 45.7 Å². The first-order valence-corrected chi connectivity index (χ1v) is 8.26. The number of ether oxygens (including phenoxy) is 1. The molecular formula is C16H14N4O4S. The molecule has 3 rings (SSSR count). The fourth-order valence-corrected chi connectivity index (χ4v) is 2.86. The van der Waals surface area contributed by atoms with E-state index in [9.17, 15) is 14.7 Å². The highest BCUT2D eigenvalue weighted by atomic mass is 32.1. The van der Waals surface area contributed by atoms with Crippen molar-refractivity contribution in [3.8, 4) is 5.75 Å². The number of hydrogen-bond donors (Lipinski definition) is 1. The lowest BCUT2D eigenvalue weighted by atomic mass is 10.2. The Hall–Kier alpha value is -3.07. The number of rotatable bonds is 4. The van der Waals surface area contributed by atoms with E-state index in [0.29, 0.717) is 10.9 Å². The topological polar surface area (TPSA) is 106 Å². The molecule has 0 aliphatic heterocycles. The Kier molecular flexibility index (Phi) is 4.57. The average Bonchev–Trinajstić information content (AvgIpc) is 3.09. The number of hydrogen-bond acceptors (Lipinski definition) is 8. The van der Waals surface area contributed by atoms with Crippen LogP contribution < -0.4 is 5.56 Å². The summed E-state index contributed by atoms with van der Waals surface area (Å²) in [4.78, 5) is 28.0. The molecule has 0 aliphatic rings. The van der Waals surface area contributed by atoms with E-state index in [2.05, 4.69) is 15.2 Å². The molecule has 0 atom stereocenters. The molecule has 1 aromatic carbocycles. The number of carbonyl (C=O) groups is 1. The lowest BCUT2D eigenvalue weighted by molar-refractivity contribution is 0.0520. The lowest BCUT2D eigenvalue weighted by Gasteiger charge is -2.07. The molecule has 0 unspecified atom stereocenters. The van der Waals surface area contributed by atoms with E-state index >= 15 is 0 Å². The van der Waals surface area contributed by atoms with E-state index in [-0.39, 0.29) is 28.9 Å². The first kappa shape index (κ1) is 16.8. The number of benzene rings is 1. The van der Waals surface area contributed by atoms with Gasteiger partial charge in [0, 0.05) is 17.8 Å². The molecule has 1 N–H and O–H groups in total. The fraction of sp³-hybridized carbons (Fsp3) is 0.188. The summed E-state index contributed by atoms with van der Waals surface area (Å²) >= 11 is 1.08. The van der Waals surface area contributed by atoms with Crippen molar-refractivity contribution in [2.24, 2.45) is 17.3 Å². The number of fused-ring (bicyclic) bond motifs is 1. The summed E-state index contributed by atoms with van der Waals surface area (Å²) in [5, 5.41) is 20.2. The molecule has 128 valence electrons. The molecule has 8 nitrogen and oxygen atoms in total. The maximum atomic E-state index is 12.4. The summed E-state index contributed by atoms with van der Waals surface area (Å²) in [7, 11) is 1.59. The summed E-state index contributed by atoms with van der Waals surface area (Å²) in [5.74, 6) is -0.797. The Balaban J connectivity index is 2.00. The molecule has 0 aliphatic carbocycles. The van der Waals surface area contributed by atoms with Gasteiger partial charge in [0.15, 0.2) is 17.1 Å². The highest BCUT2D eigenvalue weighted by molar-refractivity contribution is 7.13.